The van der Waals surface area contributed by atoms with E-state index < -0.39 is 18.2 Å². The monoisotopic (exact) mass is 208 g/mol. The number of aliphatic hydroxyl groups is 1. The van der Waals surface area contributed by atoms with Crippen molar-refractivity contribution in [2.75, 3.05) is 13.2 Å². The summed E-state index contributed by atoms with van der Waals surface area (Å²) in [6.07, 6.45) is -1.25. The average molecular weight is 208 g/mol. The maximum Gasteiger partial charge on any atom is 0.338 e. The lowest BCUT2D eigenvalue weighted by atomic mass is 10.2. The number of hydrogen-bond acceptors (Lipinski definition) is 4. The first-order valence-electron chi connectivity index (χ1n) is 4.79. The second-order valence-corrected chi connectivity index (χ2v) is 3.41. The minimum Gasteiger partial charge on any atom is -0.453 e. The van der Waals surface area contributed by atoms with Gasteiger partial charge in [0.05, 0.1) is 18.8 Å². The minimum absolute atomic E-state index is 0.229. The van der Waals surface area contributed by atoms with Crippen LogP contribution in [0.3, 0.4) is 0 Å². The van der Waals surface area contributed by atoms with Gasteiger partial charge in [-0.3, -0.25) is 0 Å². The zero-order valence-corrected chi connectivity index (χ0v) is 8.13. The van der Waals surface area contributed by atoms with Crippen LogP contribution in [0.5, 0.6) is 0 Å². The molecule has 4 heteroatoms. The van der Waals surface area contributed by atoms with Gasteiger partial charge in [0.1, 0.15) is 6.10 Å². The van der Waals surface area contributed by atoms with Crippen LogP contribution in [0.1, 0.15) is 10.4 Å². The molecule has 0 aromatic heterocycles. The Labute approximate surface area is 87.4 Å². The van der Waals surface area contributed by atoms with Crippen LogP contribution in [0.2, 0.25) is 0 Å². The van der Waals surface area contributed by atoms with Crippen molar-refractivity contribution < 1.29 is 19.4 Å². The summed E-state index contributed by atoms with van der Waals surface area (Å²) in [4.78, 5) is 11.6. The van der Waals surface area contributed by atoms with Crippen molar-refractivity contribution in [2.45, 2.75) is 12.2 Å². The van der Waals surface area contributed by atoms with E-state index in [0.717, 1.165) is 0 Å². The van der Waals surface area contributed by atoms with Gasteiger partial charge < -0.3 is 14.6 Å². The van der Waals surface area contributed by atoms with Crippen LogP contribution in [0.25, 0.3) is 0 Å². The second kappa shape index (κ2) is 4.42. The lowest BCUT2D eigenvalue weighted by Crippen LogP contribution is -2.29. The summed E-state index contributed by atoms with van der Waals surface area (Å²) < 4.78 is 10.1. The summed E-state index contributed by atoms with van der Waals surface area (Å²) >= 11 is 0. The van der Waals surface area contributed by atoms with E-state index in [2.05, 4.69) is 0 Å². The standard InChI is InChI=1S/C11H12O4/c12-9-6-14-7-10(9)15-11(13)8-4-2-1-3-5-8/h1-5,9-10,12H,6-7H2/t9-,10?/m1/s1. The van der Waals surface area contributed by atoms with Crippen LogP contribution in [-0.4, -0.2) is 36.5 Å². The fraction of sp³-hybridized carbons (Fsp3) is 0.364. The summed E-state index contributed by atoms with van der Waals surface area (Å²) in [5.74, 6) is -0.426. The zero-order valence-electron chi connectivity index (χ0n) is 8.13. The predicted octanol–water partition coefficient (Wildman–Crippen LogP) is 0.603. The SMILES string of the molecule is O=C(OC1COC[C@H]1O)c1ccccc1. The fourth-order valence-electron chi connectivity index (χ4n) is 1.42. The molecular weight excluding hydrogens is 196 g/mol. The van der Waals surface area contributed by atoms with E-state index in [-0.39, 0.29) is 13.2 Å². The predicted molar refractivity (Wildman–Crippen MR) is 52.5 cm³/mol. The van der Waals surface area contributed by atoms with Gasteiger partial charge in [-0.05, 0) is 12.1 Å². The van der Waals surface area contributed by atoms with Crippen molar-refractivity contribution in [3.8, 4) is 0 Å². The number of aliphatic hydroxyl groups excluding tert-OH is 1. The van der Waals surface area contributed by atoms with Crippen LogP contribution in [-0.2, 0) is 9.47 Å². The van der Waals surface area contributed by atoms with Crippen molar-refractivity contribution in [2.24, 2.45) is 0 Å². The third-order valence-corrected chi connectivity index (χ3v) is 2.27. The van der Waals surface area contributed by atoms with Gasteiger partial charge in [0, 0.05) is 0 Å². The number of benzene rings is 1. The molecule has 1 saturated heterocycles. The molecule has 1 aliphatic rings. The second-order valence-electron chi connectivity index (χ2n) is 3.41. The van der Waals surface area contributed by atoms with Crippen LogP contribution < -0.4 is 0 Å². The molecule has 0 saturated carbocycles. The molecule has 0 spiro atoms. The molecule has 1 aromatic carbocycles. The van der Waals surface area contributed by atoms with E-state index >= 15 is 0 Å². The molecule has 1 N–H and O–H groups in total. The van der Waals surface area contributed by atoms with Crippen LogP contribution >= 0.6 is 0 Å². The van der Waals surface area contributed by atoms with Gasteiger partial charge in [0.25, 0.3) is 0 Å². The first kappa shape index (κ1) is 10.1. The van der Waals surface area contributed by atoms with Gasteiger partial charge in [-0.25, -0.2) is 4.79 Å². The highest BCUT2D eigenvalue weighted by Crippen LogP contribution is 2.12. The topological polar surface area (TPSA) is 55.8 Å². The molecule has 80 valence electrons. The number of ether oxygens (including phenoxy) is 2. The van der Waals surface area contributed by atoms with Crippen LogP contribution in [0.15, 0.2) is 30.3 Å². The Morgan fingerprint density at radius 3 is 2.67 bits per heavy atom. The Morgan fingerprint density at radius 1 is 1.33 bits per heavy atom. The fourth-order valence-corrected chi connectivity index (χ4v) is 1.42. The third-order valence-electron chi connectivity index (χ3n) is 2.27. The molecule has 1 heterocycles. The van der Waals surface area contributed by atoms with Gasteiger partial charge in [-0.1, -0.05) is 18.2 Å². The maximum atomic E-state index is 11.6. The number of carbonyl (C=O) groups excluding carboxylic acids is 1. The smallest absolute Gasteiger partial charge is 0.338 e. The minimum atomic E-state index is -0.710. The molecule has 0 radical (unpaired) electrons. The first-order valence-corrected chi connectivity index (χ1v) is 4.79. The Hall–Kier alpha value is -1.39. The summed E-state index contributed by atoms with van der Waals surface area (Å²) in [6, 6.07) is 8.69. The highest BCUT2D eigenvalue weighted by molar-refractivity contribution is 5.89. The maximum absolute atomic E-state index is 11.6. The molecule has 2 rings (SSSR count). The number of rotatable bonds is 2. The lowest BCUT2D eigenvalue weighted by Gasteiger charge is -2.13. The van der Waals surface area contributed by atoms with Crippen molar-refractivity contribution in [3.05, 3.63) is 35.9 Å². The van der Waals surface area contributed by atoms with Gasteiger partial charge in [-0.15, -0.1) is 0 Å². The number of esters is 1. The van der Waals surface area contributed by atoms with Crippen molar-refractivity contribution in [1.82, 2.24) is 0 Å². The quantitative estimate of drug-likeness (QED) is 0.723. The largest absolute Gasteiger partial charge is 0.453 e. The molecule has 15 heavy (non-hydrogen) atoms. The molecule has 1 unspecified atom stereocenters. The molecule has 0 bridgehead atoms. The van der Waals surface area contributed by atoms with Gasteiger partial charge in [0.15, 0.2) is 6.10 Å². The van der Waals surface area contributed by atoms with Crippen LogP contribution in [0, 0.1) is 0 Å². The summed E-state index contributed by atoms with van der Waals surface area (Å²) in [7, 11) is 0. The Kier molecular flexibility index (Phi) is 2.99. The molecule has 1 aliphatic heterocycles. The molecule has 4 nitrogen and oxygen atoms in total. The highest BCUT2D eigenvalue weighted by Gasteiger charge is 2.29. The molecular formula is C11H12O4. The van der Waals surface area contributed by atoms with E-state index in [9.17, 15) is 9.90 Å². The van der Waals surface area contributed by atoms with Crippen LogP contribution in [0.4, 0.5) is 0 Å². The van der Waals surface area contributed by atoms with E-state index in [0.29, 0.717) is 5.56 Å². The Balaban J connectivity index is 1.98. The van der Waals surface area contributed by atoms with E-state index in [1.807, 2.05) is 6.07 Å². The van der Waals surface area contributed by atoms with Crippen molar-refractivity contribution >= 4 is 5.97 Å². The molecule has 0 amide bonds. The first-order chi connectivity index (χ1) is 7.27. The Bertz CT molecular complexity index is 336. The zero-order chi connectivity index (χ0) is 10.7. The van der Waals surface area contributed by atoms with Gasteiger partial charge in [-0.2, -0.15) is 0 Å². The molecule has 1 aromatic rings. The summed E-state index contributed by atoms with van der Waals surface area (Å²) in [6.45, 7) is 0.493. The number of hydrogen-bond donors (Lipinski definition) is 1. The highest BCUT2D eigenvalue weighted by atomic mass is 16.6. The third kappa shape index (κ3) is 2.34. The molecule has 2 atom stereocenters. The normalized spacial score (nSPS) is 25.1. The van der Waals surface area contributed by atoms with E-state index in [4.69, 9.17) is 9.47 Å². The van der Waals surface area contributed by atoms with Gasteiger partial charge >= 0.3 is 5.97 Å². The van der Waals surface area contributed by atoms with Crippen molar-refractivity contribution in [3.63, 3.8) is 0 Å². The summed E-state index contributed by atoms with van der Waals surface area (Å²) in [5, 5.41) is 9.38. The average Bonchev–Trinajstić information content (AvgIpc) is 2.66. The summed E-state index contributed by atoms with van der Waals surface area (Å²) in [5.41, 5.74) is 0.483. The Morgan fingerprint density at radius 2 is 2.07 bits per heavy atom. The van der Waals surface area contributed by atoms with Crippen molar-refractivity contribution in [1.29, 1.82) is 0 Å². The van der Waals surface area contributed by atoms with Gasteiger partial charge in [0.2, 0.25) is 0 Å². The lowest BCUT2D eigenvalue weighted by molar-refractivity contribution is 0.00114. The number of carbonyl (C=O) groups is 1. The molecule has 0 aliphatic carbocycles. The van der Waals surface area contributed by atoms with E-state index in [1.165, 1.54) is 0 Å². The molecule has 1 fully saturated rings. The van der Waals surface area contributed by atoms with E-state index in [1.54, 1.807) is 24.3 Å².